The molecule has 3 nitrogen and oxygen atoms in total. The van der Waals surface area contributed by atoms with Gasteiger partial charge >= 0.3 is 0 Å². The van der Waals surface area contributed by atoms with Crippen molar-refractivity contribution in [3.8, 4) is 0 Å². The van der Waals surface area contributed by atoms with Crippen molar-refractivity contribution in [3.63, 3.8) is 0 Å². The van der Waals surface area contributed by atoms with Crippen molar-refractivity contribution in [2.45, 2.75) is 0 Å². The standard InChI is InChI=1S/C10H12ClN3/c1-3-7-14(8-4-2)10-12-6-5-9(11)13-10/h3-6H,1-2,7-8H2. The maximum atomic E-state index is 5.76. The summed E-state index contributed by atoms with van der Waals surface area (Å²) in [5.74, 6) is 0.595. The molecule has 0 aliphatic rings. The Kier molecular flexibility index (Phi) is 4.13. The number of nitrogens with zero attached hydrogens (tertiary/aromatic N) is 3. The van der Waals surface area contributed by atoms with Crippen LogP contribution in [0.3, 0.4) is 0 Å². The summed E-state index contributed by atoms with van der Waals surface area (Å²) < 4.78 is 0. The van der Waals surface area contributed by atoms with E-state index in [1.807, 2.05) is 4.90 Å². The van der Waals surface area contributed by atoms with E-state index in [1.165, 1.54) is 0 Å². The summed E-state index contributed by atoms with van der Waals surface area (Å²) in [6, 6.07) is 1.64. The second kappa shape index (κ2) is 5.40. The molecule has 0 saturated heterocycles. The second-order valence-electron chi connectivity index (χ2n) is 2.66. The van der Waals surface area contributed by atoms with E-state index in [2.05, 4.69) is 23.1 Å². The Morgan fingerprint density at radius 2 is 2.00 bits per heavy atom. The van der Waals surface area contributed by atoms with Crippen molar-refractivity contribution >= 4 is 17.5 Å². The third-order valence-corrected chi connectivity index (χ3v) is 1.80. The molecule has 1 aromatic heterocycles. The molecule has 0 saturated carbocycles. The Morgan fingerprint density at radius 3 is 2.50 bits per heavy atom. The third kappa shape index (κ3) is 2.85. The van der Waals surface area contributed by atoms with Gasteiger partial charge in [0.25, 0.3) is 0 Å². The molecule has 14 heavy (non-hydrogen) atoms. The van der Waals surface area contributed by atoms with Gasteiger partial charge in [-0.25, -0.2) is 9.97 Å². The van der Waals surface area contributed by atoms with Gasteiger partial charge in [0.1, 0.15) is 5.15 Å². The van der Waals surface area contributed by atoms with Gasteiger partial charge in [-0.05, 0) is 6.07 Å². The van der Waals surface area contributed by atoms with Gasteiger partial charge in [0.05, 0.1) is 0 Å². The lowest BCUT2D eigenvalue weighted by molar-refractivity contribution is 0.889. The summed E-state index contributed by atoms with van der Waals surface area (Å²) >= 11 is 5.76. The minimum absolute atomic E-state index is 0.438. The molecule has 1 aromatic rings. The quantitative estimate of drug-likeness (QED) is 0.551. The van der Waals surface area contributed by atoms with Crippen LogP contribution in [0, 0.1) is 0 Å². The number of halogens is 1. The number of aromatic nitrogens is 2. The molecule has 0 aliphatic carbocycles. The van der Waals surface area contributed by atoms with E-state index >= 15 is 0 Å². The Morgan fingerprint density at radius 1 is 1.36 bits per heavy atom. The molecule has 0 fully saturated rings. The highest BCUT2D eigenvalue weighted by molar-refractivity contribution is 6.29. The monoisotopic (exact) mass is 209 g/mol. The van der Waals surface area contributed by atoms with Gasteiger partial charge in [-0.15, -0.1) is 13.2 Å². The van der Waals surface area contributed by atoms with Crippen molar-refractivity contribution in [3.05, 3.63) is 42.7 Å². The van der Waals surface area contributed by atoms with Gasteiger partial charge in [0, 0.05) is 19.3 Å². The van der Waals surface area contributed by atoms with Crippen LogP contribution in [0.1, 0.15) is 0 Å². The van der Waals surface area contributed by atoms with Crippen LogP contribution in [-0.2, 0) is 0 Å². The first-order valence-corrected chi connectivity index (χ1v) is 4.61. The van der Waals surface area contributed by atoms with E-state index in [0.29, 0.717) is 24.2 Å². The fourth-order valence-electron chi connectivity index (χ4n) is 1.03. The lowest BCUT2D eigenvalue weighted by Gasteiger charge is -2.18. The van der Waals surface area contributed by atoms with E-state index < -0.39 is 0 Å². The van der Waals surface area contributed by atoms with Crippen molar-refractivity contribution < 1.29 is 0 Å². The van der Waals surface area contributed by atoms with Crippen LogP contribution in [0.25, 0.3) is 0 Å². The van der Waals surface area contributed by atoms with Gasteiger partial charge in [-0.3, -0.25) is 0 Å². The molecule has 0 aliphatic heterocycles. The molecule has 4 heteroatoms. The first kappa shape index (κ1) is 10.7. The van der Waals surface area contributed by atoms with E-state index in [4.69, 9.17) is 11.6 Å². The van der Waals surface area contributed by atoms with Crippen LogP contribution in [0.5, 0.6) is 0 Å². The van der Waals surface area contributed by atoms with E-state index in [1.54, 1.807) is 24.4 Å². The molecule has 1 rings (SSSR count). The first-order valence-electron chi connectivity index (χ1n) is 4.23. The van der Waals surface area contributed by atoms with E-state index in [0.717, 1.165) is 0 Å². The van der Waals surface area contributed by atoms with Crippen molar-refractivity contribution in [1.82, 2.24) is 9.97 Å². The highest BCUT2D eigenvalue weighted by Gasteiger charge is 2.05. The average molecular weight is 210 g/mol. The van der Waals surface area contributed by atoms with Crippen molar-refractivity contribution in [2.75, 3.05) is 18.0 Å². The Balaban J connectivity index is 2.85. The lowest BCUT2D eigenvalue weighted by Crippen LogP contribution is -2.25. The molecule has 0 bridgehead atoms. The van der Waals surface area contributed by atoms with Crippen LogP contribution in [-0.4, -0.2) is 23.1 Å². The molecule has 0 N–H and O–H groups in total. The highest BCUT2D eigenvalue weighted by Crippen LogP contribution is 2.10. The van der Waals surface area contributed by atoms with Gasteiger partial charge in [0.15, 0.2) is 0 Å². The fraction of sp³-hybridized carbons (Fsp3) is 0.200. The van der Waals surface area contributed by atoms with Crippen LogP contribution in [0.4, 0.5) is 5.95 Å². The van der Waals surface area contributed by atoms with Gasteiger partial charge in [-0.1, -0.05) is 23.8 Å². The molecule has 0 radical (unpaired) electrons. The molecule has 0 amide bonds. The van der Waals surface area contributed by atoms with E-state index in [9.17, 15) is 0 Å². The average Bonchev–Trinajstić information content (AvgIpc) is 2.17. The third-order valence-electron chi connectivity index (χ3n) is 1.59. The smallest absolute Gasteiger partial charge is 0.227 e. The Bertz CT molecular complexity index is 315. The SMILES string of the molecule is C=CCN(CC=C)c1nccc(Cl)n1. The zero-order valence-electron chi connectivity index (χ0n) is 7.86. The lowest BCUT2D eigenvalue weighted by atomic mass is 10.4. The van der Waals surface area contributed by atoms with Crippen molar-refractivity contribution in [1.29, 1.82) is 0 Å². The van der Waals surface area contributed by atoms with Gasteiger partial charge in [0.2, 0.25) is 5.95 Å². The van der Waals surface area contributed by atoms with E-state index in [-0.39, 0.29) is 0 Å². The number of anilines is 1. The van der Waals surface area contributed by atoms with Crippen LogP contribution >= 0.6 is 11.6 Å². The van der Waals surface area contributed by atoms with Crippen LogP contribution in [0.2, 0.25) is 5.15 Å². The minimum Gasteiger partial charge on any atom is -0.333 e. The molecule has 0 spiro atoms. The van der Waals surface area contributed by atoms with Crippen LogP contribution in [0.15, 0.2) is 37.6 Å². The molecular weight excluding hydrogens is 198 g/mol. The summed E-state index contributed by atoms with van der Waals surface area (Å²) in [6.45, 7) is 8.68. The van der Waals surface area contributed by atoms with Crippen molar-refractivity contribution in [2.24, 2.45) is 0 Å². The molecule has 1 heterocycles. The Labute approximate surface area is 88.7 Å². The maximum absolute atomic E-state index is 5.76. The normalized spacial score (nSPS) is 9.50. The second-order valence-corrected chi connectivity index (χ2v) is 3.05. The molecule has 0 aromatic carbocycles. The zero-order valence-corrected chi connectivity index (χ0v) is 8.61. The largest absolute Gasteiger partial charge is 0.333 e. The first-order chi connectivity index (χ1) is 6.77. The number of hydrogen-bond acceptors (Lipinski definition) is 3. The summed E-state index contributed by atoms with van der Waals surface area (Å²) in [4.78, 5) is 10.1. The summed E-state index contributed by atoms with van der Waals surface area (Å²) in [5.41, 5.74) is 0. The molecule has 0 atom stereocenters. The zero-order chi connectivity index (χ0) is 10.4. The number of rotatable bonds is 5. The fourth-order valence-corrected chi connectivity index (χ4v) is 1.16. The highest BCUT2D eigenvalue weighted by atomic mass is 35.5. The number of hydrogen-bond donors (Lipinski definition) is 0. The topological polar surface area (TPSA) is 29.0 Å². The van der Waals surface area contributed by atoms with Crippen LogP contribution < -0.4 is 4.90 Å². The molecule has 0 unspecified atom stereocenters. The predicted molar refractivity (Wildman–Crippen MR) is 59.6 cm³/mol. The maximum Gasteiger partial charge on any atom is 0.227 e. The Hall–Kier alpha value is -1.35. The summed E-state index contributed by atoms with van der Waals surface area (Å²) in [7, 11) is 0. The summed E-state index contributed by atoms with van der Waals surface area (Å²) in [5, 5.41) is 0.438. The summed E-state index contributed by atoms with van der Waals surface area (Å²) in [6.07, 6.45) is 5.20. The minimum atomic E-state index is 0.438. The molecular formula is C10H12ClN3. The predicted octanol–water partition coefficient (Wildman–Crippen LogP) is 2.31. The van der Waals surface area contributed by atoms with Gasteiger partial charge < -0.3 is 4.90 Å². The molecule has 74 valence electrons. The van der Waals surface area contributed by atoms with Gasteiger partial charge in [-0.2, -0.15) is 0 Å².